The van der Waals surface area contributed by atoms with Crippen LogP contribution in [-0.4, -0.2) is 9.55 Å². The summed E-state index contributed by atoms with van der Waals surface area (Å²) in [6.45, 7) is 5.83. The molecule has 2 aromatic heterocycles. The first-order valence-electron chi connectivity index (χ1n) is 7.09. The van der Waals surface area contributed by atoms with E-state index in [4.69, 9.17) is 10.7 Å². The van der Waals surface area contributed by atoms with Crippen molar-refractivity contribution in [3.05, 3.63) is 39.2 Å². The van der Waals surface area contributed by atoms with Gasteiger partial charge in [0.2, 0.25) is 0 Å². The van der Waals surface area contributed by atoms with Crippen LogP contribution in [0.4, 0.5) is 0 Å². The van der Waals surface area contributed by atoms with Gasteiger partial charge in [0.1, 0.15) is 0 Å². The van der Waals surface area contributed by atoms with E-state index in [1.807, 2.05) is 0 Å². The van der Waals surface area contributed by atoms with Crippen LogP contribution in [0.3, 0.4) is 0 Å². The fourth-order valence-corrected chi connectivity index (χ4v) is 4.04. The molecular weight excluding hydrogens is 346 g/mol. The second kappa shape index (κ2) is 5.91. The van der Waals surface area contributed by atoms with Crippen molar-refractivity contribution in [2.75, 3.05) is 0 Å². The number of halogens is 1. The summed E-state index contributed by atoms with van der Waals surface area (Å²) >= 11 is 5.35. The van der Waals surface area contributed by atoms with Crippen LogP contribution in [0.15, 0.2) is 28.1 Å². The molecule has 5 heteroatoms. The summed E-state index contributed by atoms with van der Waals surface area (Å²) in [5.41, 5.74) is 10.3. The molecule has 0 amide bonds. The molecule has 110 valence electrons. The average Bonchev–Trinajstić information content (AvgIpc) is 3.00. The maximum Gasteiger partial charge on any atom is 0.151 e. The zero-order valence-corrected chi connectivity index (χ0v) is 14.6. The molecule has 3 rings (SSSR count). The van der Waals surface area contributed by atoms with Crippen molar-refractivity contribution < 1.29 is 0 Å². The summed E-state index contributed by atoms with van der Waals surface area (Å²) in [6.07, 6.45) is 1.09. The minimum atomic E-state index is 0.551. The van der Waals surface area contributed by atoms with Crippen LogP contribution in [-0.2, 0) is 13.1 Å². The lowest BCUT2D eigenvalue weighted by Gasteiger charge is -2.06. The van der Waals surface area contributed by atoms with Gasteiger partial charge in [-0.15, -0.1) is 11.3 Å². The Bertz CT molecular complexity index is 769. The van der Waals surface area contributed by atoms with Gasteiger partial charge < -0.3 is 10.3 Å². The molecule has 2 heterocycles. The van der Waals surface area contributed by atoms with E-state index in [2.05, 4.69) is 58.6 Å². The minimum absolute atomic E-state index is 0.551. The number of hydrogen-bond donors (Lipinski definition) is 1. The largest absolute Gasteiger partial charge is 0.326 e. The van der Waals surface area contributed by atoms with Crippen LogP contribution < -0.4 is 5.73 Å². The molecule has 0 saturated carbocycles. The smallest absolute Gasteiger partial charge is 0.151 e. The number of nitrogens with two attached hydrogens (primary N) is 1. The Kier molecular flexibility index (Phi) is 4.15. The van der Waals surface area contributed by atoms with Crippen molar-refractivity contribution in [1.29, 1.82) is 0 Å². The van der Waals surface area contributed by atoms with Gasteiger partial charge in [-0.2, -0.15) is 0 Å². The van der Waals surface area contributed by atoms with Gasteiger partial charge in [0.25, 0.3) is 0 Å². The lowest BCUT2D eigenvalue weighted by Crippen LogP contribution is -1.99. The van der Waals surface area contributed by atoms with Gasteiger partial charge in [0, 0.05) is 13.1 Å². The third-order valence-electron chi connectivity index (χ3n) is 3.57. The molecular formula is C16H18BrN3S. The SMILES string of the molecule is CCCn1c(-c2cc(C)c(Br)s2)nc2cc(CN)ccc21. The number of benzene rings is 1. The highest BCUT2D eigenvalue weighted by Crippen LogP contribution is 2.36. The molecule has 2 N–H and O–H groups in total. The van der Waals surface area contributed by atoms with Crippen LogP contribution in [0.5, 0.6) is 0 Å². The number of hydrogen-bond acceptors (Lipinski definition) is 3. The Morgan fingerprint density at radius 1 is 1.33 bits per heavy atom. The van der Waals surface area contributed by atoms with Crippen molar-refractivity contribution in [1.82, 2.24) is 9.55 Å². The molecule has 0 radical (unpaired) electrons. The van der Waals surface area contributed by atoms with Gasteiger partial charge in [-0.3, -0.25) is 0 Å². The number of aryl methyl sites for hydroxylation is 2. The van der Waals surface area contributed by atoms with Crippen molar-refractivity contribution in [2.45, 2.75) is 33.4 Å². The molecule has 0 atom stereocenters. The van der Waals surface area contributed by atoms with Crippen molar-refractivity contribution in [3.63, 3.8) is 0 Å². The van der Waals surface area contributed by atoms with E-state index in [0.29, 0.717) is 6.54 Å². The van der Waals surface area contributed by atoms with Gasteiger partial charge in [-0.25, -0.2) is 4.98 Å². The van der Waals surface area contributed by atoms with Gasteiger partial charge in [-0.05, 0) is 58.6 Å². The molecule has 0 saturated heterocycles. The fraction of sp³-hybridized carbons (Fsp3) is 0.312. The molecule has 21 heavy (non-hydrogen) atoms. The Morgan fingerprint density at radius 3 is 2.76 bits per heavy atom. The molecule has 0 spiro atoms. The minimum Gasteiger partial charge on any atom is -0.326 e. The van der Waals surface area contributed by atoms with E-state index >= 15 is 0 Å². The van der Waals surface area contributed by atoms with Gasteiger partial charge in [0.05, 0.1) is 19.7 Å². The summed E-state index contributed by atoms with van der Waals surface area (Å²) in [7, 11) is 0. The topological polar surface area (TPSA) is 43.8 Å². The van der Waals surface area contributed by atoms with E-state index < -0.39 is 0 Å². The van der Waals surface area contributed by atoms with E-state index in [9.17, 15) is 0 Å². The van der Waals surface area contributed by atoms with Gasteiger partial charge in [-0.1, -0.05) is 13.0 Å². The van der Waals surface area contributed by atoms with Crippen LogP contribution in [0, 0.1) is 6.92 Å². The van der Waals surface area contributed by atoms with Crippen molar-refractivity contribution in [2.24, 2.45) is 5.73 Å². The molecule has 0 fully saturated rings. The summed E-state index contributed by atoms with van der Waals surface area (Å²) in [5, 5.41) is 0. The molecule has 0 unspecified atom stereocenters. The zero-order chi connectivity index (χ0) is 15.0. The van der Waals surface area contributed by atoms with Crippen LogP contribution in [0.2, 0.25) is 0 Å². The van der Waals surface area contributed by atoms with E-state index in [1.165, 1.54) is 19.7 Å². The third kappa shape index (κ3) is 2.65. The molecule has 0 aliphatic rings. The average molecular weight is 364 g/mol. The highest BCUT2D eigenvalue weighted by Gasteiger charge is 2.15. The number of fused-ring (bicyclic) bond motifs is 1. The number of aromatic nitrogens is 2. The molecule has 0 aliphatic heterocycles. The predicted octanol–water partition coefficient (Wildman–Crippen LogP) is 4.70. The van der Waals surface area contributed by atoms with Crippen LogP contribution in [0.25, 0.3) is 21.7 Å². The first-order valence-corrected chi connectivity index (χ1v) is 8.70. The first-order chi connectivity index (χ1) is 10.1. The lowest BCUT2D eigenvalue weighted by molar-refractivity contribution is 0.705. The van der Waals surface area contributed by atoms with Gasteiger partial charge in [0.15, 0.2) is 5.82 Å². The highest BCUT2D eigenvalue weighted by molar-refractivity contribution is 9.11. The van der Waals surface area contributed by atoms with Gasteiger partial charge >= 0.3 is 0 Å². The maximum absolute atomic E-state index is 5.74. The Morgan fingerprint density at radius 2 is 2.14 bits per heavy atom. The summed E-state index contributed by atoms with van der Waals surface area (Å²) in [6, 6.07) is 8.53. The summed E-state index contributed by atoms with van der Waals surface area (Å²) in [4.78, 5) is 6.07. The number of rotatable bonds is 4. The number of imidazole rings is 1. The Hall–Kier alpha value is -1.17. The fourth-order valence-electron chi connectivity index (χ4n) is 2.51. The molecule has 3 aromatic rings. The van der Waals surface area contributed by atoms with Crippen molar-refractivity contribution in [3.8, 4) is 10.7 Å². The normalized spacial score (nSPS) is 11.4. The van der Waals surface area contributed by atoms with Crippen molar-refractivity contribution >= 4 is 38.3 Å². The molecule has 1 aromatic carbocycles. The lowest BCUT2D eigenvalue weighted by atomic mass is 10.2. The molecule has 3 nitrogen and oxygen atoms in total. The predicted molar refractivity (Wildman–Crippen MR) is 93.7 cm³/mol. The number of thiophene rings is 1. The zero-order valence-electron chi connectivity index (χ0n) is 12.2. The Balaban J connectivity index is 2.22. The quantitative estimate of drug-likeness (QED) is 0.729. The van der Waals surface area contributed by atoms with Crippen LogP contribution in [0.1, 0.15) is 24.5 Å². The second-order valence-corrected chi connectivity index (χ2v) is 7.55. The first kappa shape index (κ1) is 14.8. The Labute approximate surface area is 136 Å². The molecule has 0 bridgehead atoms. The third-order valence-corrected chi connectivity index (χ3v) is 5.71. The molecule has 0 aliphatic carbocycles. The standard InChI is InChI=1S/C16H18BrN3S/c1-3-6-20-13-5-4-11(9-18)8-12(13)19-16(20)14-7-10(2)15(17)21-14/h4-5,7-8H,3,6,9,18H2,1-2H3. The second-order valence-electron chi connectivity index (χ2n) is 5.18. The monoisotopic (exact) mass is 363 g/mol. The summed E-state index contributed by atoms with van der Waals surface area (Å²) < 4.78 is 3.49. The number of nitrogens with zero attached hydrogens (tertiary/aromatic N) is 2. The van der Waals surface area contributed by atoms with Crippen LogP contribution >= 0.6 is 27.3 Å². The van der Waals surface area contributed by atoms with E-state index in [-0.39, 0.29) is 0 Å². The summed E-state index contributed by atoms with van der Waals surface area (Å²) in [5.74, 6) is 1.06. The van der Waals surface area contributed by atoms with E-state index in [1.54, 1.807) is 11.3 Å². The maximum atomic E-state index is 5.74. The van der Waals surface area contributed by atoms with E-state index in [0.717, 1.165) is 29.9 Å². The highest BCUT2D eigenvalue weighted by atomic mass is 79.9.